The minimum absolute atomic E-state index is 0.145. The van der Waals surface area contributed by atoms with Crippen LogP contribution in [0.1, 0.15) is 22.5 Å². The minimum atomic E-state index is -0.145. The largest absolute Gasteiger partial charge is 0.318 e. The number of carbonyl (C=O) groups is 1. The van der Waals surface area contributed by atoms with E-state index in [-0.39, 0.29) is 5.91 Å². The standard InChI is InChI=1S/C27H22ClN3OS/c1-16-13-21(18(3)31(16)22-12-11-19-7-4-5-8-20(19)14-22)15-25-26(32)30-27(33-25)29-24-10-6-9-23(28)17(24)2/h4-15H,1-3H3,(H,29,30,32)/b25-15-. The van der Waals surface area contributed by atoms with Crippen molar-refractivity contribution >= 4 is 57.0 Å². The van der Waals surface area contributed by atoms with Crippen LogP contribution in [0.25, 0.3) is 22.5 Å². The van der Waals surface area contributed by atoms with Gasteiger partial charge in [0.25, 0.3) is 5.91 Å². The summed E-state index contributed by atoms with van der Waals surface area (Å²) in [5, 5.41) is 6.49. The van der Waals surface area contributed by atoms with Gasteiger partial charge in [0, 0.05) is 22.1 Å². The lowest BCUT2D eigenvalue weighted by Gasteiger charge is -2.11. The molecular weight excluding hydrogens is 450 g/mol. The topological polar surface area (TPSA) is 46.4 Å². The summed E-state index contributed by atoms with van der Waals surface area (Å²) in [6.45, 7) is 6.08. The van der Waals surface area contributed by atoms with Gasteiger partial charge in [0.05, 0.1) is 10.6 Å². The third-order valence-electron chi connectivity index (χ3n) is 5.86. The molecule has 0 aliphatic carbocycles. The summed E-state index contributed by atoms with van der Waals surface area (Å²) in [4.78, 5) is 17.9. The number of halogens is 1. The van der Waals surface area contributed by atoms with Gasteiger partial charge in [-0.3, -0.25) is 4.79 Å². The van der Waals surface area contributed by atoms with Crippen molar-refractivity contribution in [3.63, 3.8) is 0 Å². The van der Waals surface area contributed by atoms with Crippen molar-refractivity contribution in [2.45, 2.75) is 20.8 Å². The first-order valence-electron chi connectivity index (χ1n) is 10.6. The van der Waals surface area contributed by atoms with Gasteiger partial charge in [-0.15, -0.1) is 0 Å². The highest BCUT2D eigenvalue weighted by Gasteiger charge is 2.25. The van der Waals surface area contributed by atoms with Gasteiger partial charge in [0.2, 0.25) is 0 Å². The Balaban J connectivity index is 1.48. The molecule has 1 aromatic heterocycles. The highest BCUT2D eigenvalue weighted by atomic mass is 35.5. The summed E-state index contributed by atoms with van der Waals surface area (Å²) in [7, 11) is 0. The predicted octanol–water partition coefficient (Wildman–Crippen LogP) is 7.10. The molecule has 1 aliphatic heterocycles. The molecule has 6 heteroatoms. The predicted molar refractivity (Wildman–Crippen MR) is 140 cm³/mol. The fourth-order valence-electron chi connectivity index (χ4n) is 4.10. The van der Waals surface area contributed by atoms with Crippen LogP contribution in [0.5, 0.6) is 0 Å². The molecule has 3 aromatic carbocycles. The van der Waals surface area contributed by atoms with E-state index >= 15 is 0 Å². The monoisotopic (exact) mass is 471 g/mol. The van der Waals surface area contributed by atoms with Gasteiger partial charge in [-0.2, -0.15) is 0 Å². The molecule has 5 rings (SSSR count). The molecule has 164 valence electrons. The van der Waals surface area contributed by atoms with Crippen LogP contribution < -0.4 is 5.32 Å². The number of aromatic nitrogens is 1. The van der Waals surface area contributed by atoms with Crippen LogP contribution in [0.15, 0.2) is 76.6 Å². The molecule has 1 N–H and O–H groups in total. The van der Waals surface area contributed by atoms with Crippen LogP contribution in [0.2, 0.25) is 5.02 Å². The van der Waals surface area contributed by atoms with Crippen LogP contribution in [0.4, 0.5) is 5.69 Å². The van der Waals surface area contributed by atoms with Gasteiger partial charge >= 0.3 is 0 Å². The zero-order valence-electron chi connectivity index (χ0n) is 18.5. The molecule has 1 saturated heterocycles. The zero-order valence-corrected chi connectivity index (χ0v) is 20.1. The number of nitrogens with one attached hydrogen (secondary N) is 1. The molecule has 0 spiro atoms. The normalized spacial score (nSPS) is 16.2. The van der Waals surface area contributed by atoms with Gasteiger partial charge in [-0.05, 0) is 90.8 Å². The number of amidine groups is 1. The van der Waals surface area contributed by atoms with Gasteiger partial charge in [0.1, 0.15) is 0 Å². The van der Waals surface area contributed by atoms with Gasteiger partial charge in [-0.25, -0.2) is 4.99 Å². The average Bonchev–Trinajstić information content (AvgIpc) is 3.28. The molecule has 4 aromatic rings. The third-order valence-corrected chi connectivity index (χ3v) is 7.18. The molecule has 1 aliphatic rings. The van der Waals surface area contributed by atoms with Crippen molar-refractivity contribution < 1.29 is 4.79 Å². The summed E-state index contributed by atoms with van der Waals surface area (Å²) < 4.78 is 2.22. The maximum absolute atomic E-state index is 12.6. The van der Waals surface area contributed by atoms with Crippen LogP contribution in [-0.4, -0.2) is 15.6 Å². The Bertz CT molecular complexity index is 1480. The Kier molecular flexibility index (Phi) is 5.60. The van der Waals surface area contributed by atoms with Crippen molar-refractivity contribution in [2.75, 3.05) is 0 Å². The maximum Gasteiger partial charge on any atom is 0.264 e. The van der Waals surface area contributed by atoms with E-state index in [9.17, 15) is 4.79 Å². The lowest BCUT2D eigenvalue weighted by Crippen LogP contribution is -2.19. The Labute approximate surface area is 202 Å². The number of hydrogen-bond acceptors (Lipinski definition) is 3. The molecule has 1 amide bonds. The number of aryl methyl sites for hydroxylation is 1. The molecule has 0 unspecified atom stereocenters. The first-order valence-corrected chi connectivity index (χ1v) is 11.8. The first kappa shape index (κ1) is 21.6. The molecule has 0 radical (unpaired) electrons. The van der Waals surface area contributed by atoms with Crippen molar-refractivity contribution in [1.29, 1.82) is 0 Å². The second-order valence-electron chi connectivity index (χ2n) is 8.06. The smallest absolute Gasteiger partial charge is 0.264 e. The van der Waals surface area contributed by atoms with Crippen LogP contribution in [0, 0.1) is 20.8 Å². The molecule has 33 heavy (non-hydrogen) atoms. The van der Waals surface area contributed by atoms with E-state index in [0.29, 0.717) is 15.1 Å². The Morgan fingerprint density at radius 2 is 1.76 bits per heavy atom. The molecule has 2 heterocycles. The van der Waals surface area contributed by atoms with E-state index in [1.807, 2.05) is 37.3 Å². The van der Waals surface area contributed by atoms with Gasteiger partial charge in [0.15, 0.2) is 5.17 Å². The van der Waals surface area contributed by atoms with Gasteiger partial charge in [-0.1, -0.05) is 48.0 Å². The number of nitrogens with zero attached hydrogens (tertiary/aromatic N) is 2. The zero-order chi connectivity index (χ0) is 23.1. The number of rotatable bonds is 3. The highest BCUT2D eigenvalue weighted by molar-refractivity contribution is 8.18. The first-order chi connectivity index (χ1) is 15.9. The minimum Gasteiger partial charge on any atom is -0.318 e. The number of amides is 1. The van der Waals surface area contributed by atoms with E-state index in [1.54, 1.807) is 0 Å². The van der Waals surface area contributed by atoms with E-state index < -0.39 is 0 Å². The Morgan fingerprint density at radius 3 is 2.58 bits per heavy atom. The lowest BCUT2D eigenvalue weighted by atomic mass is 10.1. The van der Waals surface area contributed by atoms with E-state index in [4.69, 9.17) is 11.6 Å². The van der Waals surface area contributed by atoms with Crippen molar-refractivity contribution in [1.82, 2.24) is 9.88 Å². The summed E-state index contributed by atoms with van der Waals surface area (Å²) in [5.74, 6) is -0.145. The Morgan fingerprint density at radius 1 is 0.970 bits per heavy atom. The average molecular weight is 472 g/mol. The summed E-state index contributed by atoms with van der Waals surface area (Å²) in [6.07, 6.45) is 1.94. The fraction of sp³-hybridized carbons (Fsp3) is 0.111. The molecule has 0 atom stereocenters. The van der Waals surface area contributed by atoms with Crippen molar-refractivity contribution in [2.24, 2.45) is 4.99 Å². The van der Waals surface area contributed by atoms with Gasteiger partial charge < -0.3 is 9.88 Å². The number of fused-ring (bicyclic) bond motifs is 1. The van der Waals surface area contributed by atoms with E-state index in [2.05, 4.69) is 71.2 Å². The number of thioether (sulfide) groups is 1. The van der Waals surface area contributed by atoms with Crippen molar-refractivity contribution in [3.05, 3.63) is 99.2 Å². The molecule has 1 fully saturated rings. The number of aliphatic imine (C=N–C) groups is 1. The summed E-state index contributed by atoms with van der Waals surface area (Å²) in [6, 6.07) is 22.5. The number of carbonyl (C=O) groups excluding carboxylic acids is 1. The molecule has 0 saturated carbocycles. The molecule has 0 bridgehead atoms. The Hall–Kier alpha value is -3.28. The summed E-state index contributed by atoms with van der Waals surface area (Å²) in [5.41, 5.74) is 5.95. The fourth-order valence-corrected chi connectivity index (χ4v) is 5.09. The molecule has 4 nitrogen and oxygen atoms in total. The number of hydrogen-bond donors (Lipinski definition) is 1. The second-order valence-corrected chi connectivity index (χ2v) is 9.50. The quantitative estimate of drug-likeness (QED) is 0.324. The van der Waals surface area contributed by atoms with Crippen molar-refractivity contribution in [3.8, 4) is 5.69 Å². The van der Waals surface area contributed by atoms with Crippen LogP contribution in [0.3, 0.4) is 0 Å². The SMILES string of the molecule is Cc1c(Cl)cccc1N=C1NC(=O)/C(=C/c2cc(C)n(-c3ccc4ccccc4c3)c2C)S1. The van der Waals surface area contributed by atoms with Crippen LogP contribution in [-0.2, 0) is 4.79 Å². The molecular formula is C27H22ClN3OS. The highest BCUT2D eigenvalue weighted by Crippen LogP contribution is 2.32. The van der Waals surface area contributed by atoms with E-state index in [1.165, 1.54) is 22.5 Å². The second kappa shape index (κ2) is 8.58. The number of benzene rings is 3. The lowest BCUT2D eigenvalue weighted by molar-refractivity contribution is -0.115. The maximum atomic E-state index is 12.6. The third kappa shape index (κ3) is 4.10. The van der Waals surface area contributed by atoms with E-state index in [0.717, 1.165) is 33.9 Å². The van der Waals surface area contributed by atoms with Crippen LogP contribution >= 0.6 is 23.4 Å². The summed E-state index contributed by atoms with van der Waals surface area (Å²) >= 11 is 7.55.